The lowest BCUT2D eigenvalue weighted by Crippen LogP contribution is -2.32. The average Bonchev–Trinajstić information content (AvgIpc) is 3.50. The van der Waals surface area contributed by atoms with Gasteiger partial charge >= 0.3 is 0 Å². The molecule has 2 aliphatic rings. The number of nitrogen functional groups attached to an aromatic ring is 1. The first-order valence-corrected chi connectivity index (χ1v) is 12.1. The van der Waals surface area contributed by atoms with Gasteiger partial charge in [-0.05, 0) is 29.2 Å². The number of nitrogens with zero attached hydrogens (tertiary/aromatic N) is 5. The van der Waals surface area contributed by atoms with Crippen molar-refractivity contribution in [1.82, 2.24) is 14.6 Å². The van der Waals surface area contributed by atoms with Crippen molar-refractivity contribution >= 4 is 46.1 Å². The van der Waals surface area contributed by atoms with Gasteiger partial charge in [0.15, 0.2) is 5.65 Å². The summed E-state index contributed by atoms with van der Waals surface area (Å²) in [5, 5.41) is 9.43. The average molecular weight is 442 g/mol. The standard InChI is InChI=1S/C21H27N7S2/c1-14-5-8-30-18(14)13-27(12-16-3-2-7-29-16)17-10-24-28-19(23)9-20(25-21(17)28)26-6-4-15(22)11-26/h2-3,5,7-10,14-15,18H,4,6,11-13,22-23H2,1H3/t14?,15-,18?/m0/s1. The van der Waals surface area contributed by atoms with E-state index in [0.717, 1.165) is 49.8 Å². The number of nitrogens with two attached hydrogens (primary N) is 2. The lowest BCUT2D eigenvalue weighted by atomic mass is 10.1. The highest BCUT2D eigenvalue weighted by molar-refractivity contribution is 8.03. The van der Waals surface area contributed by atoms with Gasteiger partial charge in [-0.2, -0.15) is 9.61 Å². The minimum absolute atomic E-state index is 0.192. The highest BCUT2D eigenvalue weighted by Gasteiger charge is 2.26. The maximum Gasteiger partial charge on any atom is 0.183 e. The highest BCUT2D eigenvalue weighted by Crippen LogP contribution is 2.34. The van der Waals surface area contributed by atoms with Crippen LogP contribution in [0.5, 0.6) is 0 Å². The summed E-state index contributed by atoms with van der Waals surface area (Å²) >= 11 is 3.69. The van der Waals surface area contributed by atoms with E-state index in [-0.39, 0.29) is 6.04 Å². The van der Waals surface area contributed by atoms with Gasteiger partial charge in [0.25, 0.3) is 0 Å². The Bertz CT molecular complexity index is 1050. The molecule has 7 nitrogen and oxygen atoms in total. The Balaban J connectivity index is 1.52. The van der Waals surface area contributed by atoms with Gasteiger partial charge in [0.05, 0.1) is 12.7 Å². The molecule has 2 unspecified atom stereocenters. The zero-order valence-electron chi connectivity index (χ0n) is 17.0. The fourth-order valence-corrected chi connectivity index (χ4v) is 5.99. The second-order valence-corrected chi connectivity index (χ2v) is 10.3. The van der Waals surface area contributed by atoms with Crippen molar-refractivity contribution in [2.24, 2.45) is 11.7 Å². The molecular weight excluding hydrogens is 414 g/mol. The number of thioether (sulfide) groups is 1. The van der Waals surface area contributed by atoms with Crippen molar-refractivity contribution in [2.45, 2.75) is 31.2 Å². The van der Waals surface area contributed by atoms with Crippen molar-refractivity contribution in [3.63, 3.8) is 0 Å². The molecule has 5 heterocycles. The Morgan fingerprint density at radius 2 is 2.27 bits per heavy atom. The molecule has 5 rings (SSSR count). The molecule has 0 spiro atoms. The summed E-state index contributed by atoms with van der Waals surface area (Å²) in [5.41, 5.74) is 14.3. The molecule has 0 radical (unpaired) electrons. The predicted molar refractivity (Wildman–Crippen MR) is 127 cm³/mol. The summed E-state index contributed by atoms with van der Waals surface area (Å²) in [7, 11) is 0. The number of hydrogen-bond donors (Lipinski definition) is 2. The van der Waals surface area contributed by atoms with E-state index in [4.69, 9.17) is 16.5 Å². The summed E-state index contributed by atoms with van der Waals surface area (Å²) in [6, 6.07) is 6.39. The normalized spacial score (nSPS) is 23.7. The minimum Gasteiger partial charge on any atom is -0.383 e. The van der Waals surface area contributed by atoms with Gasteiger partial charge in [0.1, 0.15) is 17.3 Å². The molecule has 30 heavy (non-hydrogen) atoms. The van der Waals surface area contributed by atoms with Gasteiger partial charge in [-0.1, -0.05) is 19.1 Å². The highest BCUT2D eigenvalue weighted by atomic mass is 32.2. The van der Waals surface area contributed by atoms with Crippen molar-refractivity contribution in [2.75, 3.05) is 35.2 Å². The zero-order valence-corrected chi connectivity index (χ0v) is 18.6. The molecule has 0 aromatic carbocycles. The summed E-state index contributed by atoms with van der Waals surface area (Å²) in [6.45, 7) is 5.77. The first kappa shape index (κ1) is 19.7. The fraction of sp³-hybridized carbons (Fsp3) is 0.429. The van der Waals surface area contributed by atoms with E-state index in [0.29, 0.717) is 17.0 Å². The Labute approximate surface area is 184 Å². The third-order valence-corrected chi connectivity index (χ3v) is 8.01. The summed E-state index contributed by atoms with van der Waals surface area (Å²) in [6.07, 6.45) is 5.18. The number of rotatable bonds is 6. The molecule has 9 heteroatoms. The smallest absolute Gasteiger partial charge is 0.183 e. The van der Waals surface area contributed by atoms with Gasteiger partial charge in [0.2, 0.25) is 0 Å². The second kappa shape index (κ2) is 8.13. The lowest BCUT2D eigenvalue weighted by Gasteiger charge is -2.28. The lowest BCUT2D eigenvalue weighted by molar-refractivity contribution is 0.649. The Morgan fingerprint density at radius 1 is 1.37 bits per heavy atom. The van der Waals surface area contributed by atoms with Crippen molar-refractivity contribution < 1.29 is 0 Å². The van der Waals surface area contributed by atoms with Crippen LogP contribution in [0.2, 0.25) is 0 Å². The quantitative estimate of drug-likeness (QED) is 0.607. The molecule has 3 atom stereocenters. The third-order valence-electron chi connectivity index (χ3n) is 5.91. The molecule has 4 N–H and O–H groups in total. The van der Waals surface area contributed by atoms with Crippen molar-refractivity contribution in [1.29, 1.82) is 0 Å². The maximum atomic E-state index is 6.37. The maximum absolute atomic E-state index is 6.37. The second-order valence-electron chi connectivity index (χ2n) is 8.12. The van der Waals surface area contributed by atoms with Crippen LogP contribution in [-0.4, -0.2) is 45.5 Å². The van der Waals surface area contributed by atoms with Crippen LogP contribution >= 0.6 is 23.1 Å². The van der Waals surface area contributed by atoms with Gasteiger partial charge in [0, 0.05) is 41.9 Å². The van der Waals surface area contributed by atoms with Crippen LogP contribution in [0.4, 0.5) is 17.3 Å². The third kappa shape index (κ3) is 3.77. The molecule has 2 aliphatic heterocycles. The molecule has 0 amide bonds. The molecule has 1 fully saturated rings. The molecule has 0 bridgehead atoms. The largest absolute Gasteiger partial charge is 0.383 e. The minimum atomic E-state index is 0.192. The van der Waals surface area contributed by atoms with E-state index >= 15 is 0 Å². The van der Waals surface area contributed by atoms with Crippen LogP contribution in [0.15, 0.2) is 41.3 Å². The molecule has 158 valence electrons. The first-order chi connectivity index (χ1) is 14.6. The number of hydrogen-bond acceptors (Lipinski definition) is 8. The van der Waals surface area contributed by atoms with Gasteiger partial charge in [-0.15, -0.1) is 23.1 Å². The monoisotopic (exact) mass is 441 g/mol. The van der Waals surface area contributed by atoms with Crippen LogP contribution < -0.4 is 21.3 Å². The van der Waals surface area contributed by atoms with Crippen molar-refractivity contribution in [3.8, 4) is 0 Å². The van der Waals surface area contributed by atoms with E-state index < -0.39 is 0 Å². The van der Waals surface area contributed by atoms with Crippen LogP contribution in [0.25, 0.3) is 5.65 Å². The fourth-order valence-electron chi connectivity index (χ4n) is 4.12. The molecule has 3 aromatic rings. The number of allylic oxidation sites excluding steroid dienone is 1. The number of thiophene rings is 1. The topological polar surface area (TPSA) is 88.7 Å². The zero-order chi connectivity index (χ0) is 20.7. The van der Waals surface area contributed by atoms with Crippen LogP contribution in [0, 0.1) is 5.92 Å². The summed E-state index contributed by atoms with van der Waals surface area (Å²) in [4.78, 5) is 10.9. The van der Waals surface area contributed by atoms with Gasteiger partial charge in [-0.3, -0.25) is 0 Å². The number of aromatic nitrogens is 3. The SMILES string of the molecule is CC1C=CSC1CN(Cc1cccs1)c1cnn2c(N)cc(N3CC[C@H](N)C3)nc12. The van der Waals surface area contributed by atoms with Crippen LogP contribution in [-0.2, 0) is 6.54 Å². The number of fused-ring (bicyclic) bond motifs is 1. The van der Waals surface area contributed by atoms with Crippen LogP contribution in [0.3, 0.4) is 0 Å². The summed E-state index contributed by atoms with van der Waals surface area (Å²) < 4.78 is 1.75. The predicted octanol–water partition coefficient (Wildman–Crippen LogP) is 3.18. The number of anilines is 3. The Morgan fingerprint density at radius 3 is 2.97 bits per heavy atom. The van der Waals surface area contributed by atoms with E-state index in [1.165, 1.54) is 4.88 Å². The Kier molecular flexibility index (Phi) is 5.34. The van der Waals surface area contributed by atoms with Gasteiger partial charge in [-0.25, -0.2) is 4.98 Å². The summed E-state index contributed by atoms with van der Waals surface area (Å²) in [5.74, 6) is 2.03. The molecular formula is C21H27N7S2. The van der Waals surface area contributed by atoms with E-state index in [1.807, 2.05) is 24.0 Å². The van der Waals surface area contributed by atoms with Crippen molar-refractivity contribution in [3.05, 3.63) is 46.1 Å². The van der Waals surface area contributed by atoms with E-state index in [1.54, 1.807) is 15.9 Å². The first-order valence-electron chi connectivity index (χ1n) is 10.3. The van der Waals surface area contributed by atoms with Gasteiger partial charge < -0.3 is 21.3 Å². The Hall–Kier alpha value is -2.23. The molecule has 1 saturated heterocycles. The van der Waals surface area contributed by atoms with E-state index in [9.17, 15) is 0 Å². The van der Waals surface area contributed by atoms with Crippen LogP contribution in [0.1, 0.15) is 18.2 Å². The molecule has 3 aromatic heterocycles. The van der Waals surface area contributed by atoms with E-state index in [2.05, 4.69) is 50.8 Å². The molecule has 0 aliphatic carbocycles. The molecule has 0 saturated carbocycles.